The zero-order chi connectivity index (χ0) is 13.0. The van der Waals surface area contributed by atoms with Crippen LogP contribution < -0.4 is 5.32 Å². The van der Waals surface area contributed by atoms with E-state index in [-0.39, 0.29) is 0 Å². The lowest BCUT2D eigenvalue weighted by molar-refractivity contribution is 0.676. The normalized spacial score (nSPS) is 10.6. The van der Waals surface area contributed by atoms with Gasteiger partial charge in [-0.25, -0.2) is 0 Å². The summed E-state index contributed by atoms with van der Waals surface area (Å²) in [4.78, 5) is 4.45. The smallest absolute Gasteiger partial charge is 0.0544 e. The first-order valence-corrected chi connectivity index (χ1v) is 6.89. The molecule has 2 aromatic rings. The lowest BCUT2D eigenvalue weighted by Gasteiger charge is -2.07. The Morgan fingerprint density at radius 2 is 2.06 bits per heavy atom. The van der Waals surface area contributed by atoms with Gasteiger partial charge in [0.15, 0.2) is 0 Å². The first-order chi connectivity index (χ1) is 8.65. The Hall–Kier alpha value is -0.900. The summed E-state index contributed by atoms with van der Waals surface area (Å²) in [6, 6.07) is 11.9. The summed E-state index contributed by atoms with van der Waals surface area (Å²) in [5.41, 5.74) is 3.29. The van der Waals surface area contributed by atoms with Gasteiger partial charge >= 0.3 is 0 Å². The van der Waals surface area contributed by atoms with Crippen molar-refractivity contribution >= 4 is 27.5 Å². The number of pyridine rings is 1. The predicted molar refractivity (Wildman–Crippen MR) is 78.7 cm³/mol. The zero-order valence-electron chi connectivity index (χ0n) is 10.1. The predicted octanol–water partition coefficient (Wildman–Crippen LogP) is 4.10. The lowest BCUT2D eigenvalue weighted by atomic mass is 10.2. The van der Waals surface area contributed by atoms with Crippen LogP contribution in [0.3, 0.4) is 0 Å². The molecular formula is C14H14BrClN2. The highest BCUT2D eigenvalue weighted by Gasteiger charge is 2.01. The molecule has 0 aliphatic rings. The number of benzene rings is 1. The van der Waals surface area contributed by atoms with E-state index in [1.807, 2.05) is 43.3 Å². The first-order valence-electron chi connectivity index (χ1n) is 5.72. The minimum Gasteiger partial charge on any atom is -0.307 e. The van der Waals surface area contributed by atoms with Crippen molar-refractivity contribution in [1.29, 1.82) is 0 Å². The van der Waals surface area contributed by atoms with Crippen molar-refractivity contribution in [3.8, 4) is 0 Å². The molecule has 0 spiro atoms. The van der Waals surface area contributed by atoms with E-state index in [4.69, 9.17) is 11.6 Å². The number of hydrogen-bond acceptors (Lipinski definition) is 2. The Kier molecular flexibility index (Phi) is 4.75. The second kappa shape index (κ2) is 6.32. The second-order valence-electron chi connectivity index (χ2n) is 4.11. The van der Waals surface area contributed by atoms with Crippen molar-refractivity contribution in [1.82, 2.24) is 10.3 Å². The van der Waals surface area contributed by atoms with E-state index in [1.54, 1.807) is 0 Å². The van der Waals surface area contributed by atoms with Crippen LogP contribution in [0.1, 0.15) is 17.0 Å². The van der Waals surface area contributed by atoms with Crippen LogP contribution in [0.25, 0.3) is 0 Å². The molecule has 0 saturated carbocycles. The maximum atomic E-state index is 5.90. The van der Waals surface area contributed by atoms with Gasteiger partial charge in [-0.3, -0.25) is 4.98 Å². The molecule has 2 rings (SSSR count). The summed E-state index contributed by atoms with van der Waals surface area (Å²) < 4.78 is 1.03. The number of aromatic nitrogens is 1. The molecule has 0 fully saturated rings. The average Bonchev–Trinajstić information content (AvgIpc) is 2.32. The number of hydrogen-bond donors (Lipinski definition) is 1. The molecule has 0 saturated heterocycles. The lowest BCUT2D eigenvalue weighted by Crippen LogP contribution is -2.14. The fourth-order valence-electron chi connectivity index (χ4n) is 1.69. The van der Waals surface area contributed by atoms with Crippen molar-refractivity contribution in [2.45, 2.75) is 20.0 Å². The highest BCUT2D eigenvalue weighted by atomic mass is 79.9. The first kappa shape index (κ1) is 13.5. The third-order valence-electron chi connectivity index (χ3n) is 2.58. The van der Waals surface area contributed by atoms with Crippen LogP contribution in [0.4, 0.5) is 0 Å². The van der Waals surface area contributed by atoms with Gasteiger partial charge in [-0.1, -0.05) is 39.7 Å². The largest absolute Gasteiger partial charge is 0.307 e. The van der Waals surface area contributed by atoms with Crippen LogP contribution in [-0.2, 0) is 13.1 Å². The number of aryl methyl sites for hydroxylation is 1. The molecule has 1 aromatic heterocycles. The molecule has 0 unspecified atom stereocenters. The van der Waals surface area contributed by atoms with Gasteiger partial charge in [-0.15, -0.1) is 0 Å². The molecule has 0 radical (unpaired) electrons. The van der Waals surface area contributed by atoms with E-state index >= 15 is 0 Å². The van der Waals surface area contributed by atoms with Gasteiger partial charge in [0.25, 0.3) is 0 Å². The maximum Gasteiger partial charge on any atom is 0.0544 e. The summed E-state index contributed by atoms with van der Waals surface area (Å²) in [6.45, 7) is 3.55. The van der Waals surface area contributed by atoms with Crippen LogP contribution >= 0.6 is 27.5 Å². The van der Waals surface area contributed by atoms with Crippen LogP contribution in [0.15, 0.2) is 40.9 Å². The van der Waals surface area contributed by atoms with E-state index in [9.17, 15) is 0 Å². The van der Waals surface area contributed by atoms with Gasteiger partial charge in [-0.05, 0) is 36.8 Å². The Morgan fingerprint density at radius 1 is 1.22 bits per heavy atom. The SMILES string of the molecule is Cc1cccc(CNCc2ccc(Cl)cc2Br)n1. The number of nitrogens with one attached hydrogen (secondary N) is 1. The minimum absolute atomic E-state index is 0.742. The molecule has 0 aliphatic heterocycles. The summed E-state index contributed by atoms with van der Waals surface area (Å²) in [5.74, 6) is 0. The van der Waals surface area contributed by atoms with Gasteiger partial charge in [0.2, 0.25) is 0 Å². The van der Waals surface area contributed by atoms with Crippen LogP contribution in [0.5, 0.6) is 0 Å². The number of rotatable bonds is 4. The quantitative estimate of drug-likeness (QED) is 0.915. The molecule has 0 amide bonds. The van der Waals surface area contributed by atoms with Crippen molar-refractivity contribution < 1.29 is 0 Å². The standard InChI is InChI=1S/C14H14BrClN2/c1-10-3-2-4-13(18-10)9-17-8-11-5-6-12(16)7-14(11)15/h2-7,17H,8-9H2,1H3. The van der Waals surface area contributed by atoms with Crippen LogP contribution in [-0.4, -0.2) is 4.98 Å². The van der Waals surface area contributed by atoms with Crippen molar-refractivity contribution in [2.75, 3.05) is 0 Å². The van der Waals surface area contributed by atoms with Crippen molar-refractivity contribution in [2.24, 2.45) is 0 Å². The Bertz CT molecular complexity index is 543. The molecule has 2 nitrogen and oxygen atoms in total. The fourth-order valence-corrected chi connectivity index (χ4v) is 2.51. The van der Waals surface area contributed by atoms with Crippen molar-refractivity contribution in [3.63, 3.8) is 0 Å². The van der Waals surface area contributed by atoms with Crippen molar-refractivity contribution in [3.05, 3.63) is 62.8 Å². The van der Waals surface area contributed by atoms with E-state index in [2.05, 4.69) is 26.2 Å². The highest BCUT2D eigenvalue weighted by molar-refractivity contribution is 9.10. The molecule has 0 aliphatic carbocycles. The molecule has 18 heavy (non-hydrogen) atoms. The summed E-state index contributed by atoms with van der Waals surface area (Å²) >= 11 is 9.41. The van der Waals surface area contributed by atoms with Crippen LogP contribution in [0, 0.1) is 6.92 Å². The molecule has 4 heteroatoms. The molecule has 1 N–H and O–H groups in total. The van der Waals surface area contributed by atoms with E-state index < -0.39 is 0 Å². The fraction of sp³-hybridized carbons (Fsp3) is 0.214. The number of halogens is 2. The average molecular weight is 326 g/mol. The second-order valence-corrected chi connectivity index (χ2v) is 5.40. The van der Waals surface area contributed by atoms with E-state index in [0.29, 0.717) is 0 Å². The summed E-state index contributed by atoms with van der Waals surface area (Å²) in [7, 11) is 0. The van der Waals surface area contributed by atoms with Gasteiger partial charge in [-0.2, -0.15) is 0 Å². The molecule has 1 heterocycles. The third-order valence-corrected chi connectivity index (χ3v) is 3.56. The molecular weight excluding hydrogens is 312 g/mol. The monoisotopic (exact) mass is 324 g/mol. The van der Waals surface area contributed by atoms with Gasteiger partial charge in [0.05, 0.1) is 5.69 Å². The molecule has 0 bridgehead atoms. The van der Waals surface area contributed by atoms with Crippen LogP contribution in [0.2, 0.25) is 5.02 Å². The zero-order valence-corrected chi connectivity index (χ0v) is 12.4. The number of nitrogens with zero attached hydrogens (tertiary/aromatic N) is 1. The molecule has 0 atom stereocenters. The van der Waals surface area contributed by atoms with Gasteiger partial charge in [0, 0.05) is 28.3 Å². The molecule has 1 aromatic carbocycles. The summed E-state index contributed by atoms with van der Waals surface area (Å²) in [6.07, 6.45) is 0. The molecule has 94 valence electrons. The summed E-state index contributed by atoms with van der Waals surface area (Å²) in [5, 5.41) is 4.11. The Labute approximate surface area is 121 Å². The highest BCUT2D eigenvalue weighted by Crippen LogP contribution is 2.21. The maximum absolute atomic E-state index is 5.90. The topological polar surface area (TPSA) is 24.9 Å². The Morgan fingerprint density at radius 3 is 2.78 bits per heavy atom. The van der Waals surface area contributed by atoms with Gasteiger partial charge < -0.3 is 5.32 Å². The Balaban J connectivity index is 1.92. The van der Waals surface area contributed by atoms with Gasteiger partial charge in [0.1, 0.15) is 0 Å². The van der Waals surface area contributed by atoms with E-state index in [0.717, 1.165) is 34.0 Å². The third kappa shape index (κ3) is 3.80. The van der Waals surface area contributed by atoms with E-state index in [1.165, 1.54) is 5.56 Å². The minimum atomic E-state index is 0.742.